The molecule has 1 aromatic rings. The second-order valence-corrected chi connectivity index (χ2v) is 4.71. The van der Waals surface area contributed by atoms with E-state index in [1.165, 1.54) is 19.1 Å². The number of benzene rings is 1. The van der Waals surface area contributed by atoms with Crippen molar-refractivity contribution in [2.24, 2.45) is 5.73 Å². The Labute approximate surface area is 116 Å². The Kier molecular flexibility index (Phi) is 5.30. The molecule has 0 saturated heterocycles. The second-order valence-electron chi connectivity index (χ2n) is 3.42. The maximum Gasteiger partial charge on any atom is 0.387 e. The Bertz CT molecular complexity index is 458. The van der Waals surface area contributed by atoms with Gasteiger partial charge in [0.1, 0.15) is 0 Å². The number of nitrogens with two attached hydrogens (primary N) is 1. The summed E-state index contributed by atoms with van der Waals surface area (Å²) >= 11 is 8.79. The van der Waals surface area contributed by atoms with Crippen molar-refractivity contribution >= 4 is 39.1 Å². The zero-order valence-electron chi connectivity index (χ0n) is 9.22. The maximum atomic E-state index is 12.3. The number of halogens is 4. The quantitative estimate of drug-likeness (QED) is 0.883. The monoisotopic (exact) mass is 342 g/mol. The minimum atomic E-state index is -3.02. The van der Waals surface area contributed by atoms with Gasteiger partial charge in [-0.1, -0.05) is 11.6 Å². The van der Waals surface area contributed by atoms with Crippen LogP contribution in [0.2, 0.25) is 5.02 Å². The fourth-order valence-corrected chi connectivity index (χ4v) is 2.01. The van der Waals surface area contributed by atoms with Gasteiger partial charge >= 0.3 is 6.61 Å². The molecular weight excluding hydrogens is 333 g/mol. The van der Waals surface area contributed by atoms with Gasteiger partial charge < -0.3 is 15.8 Å². The van der Waals surface area contributed by atoms with Crippen molar-refractivity contribution in [3.63, 3.8) is 0 Å². The van der Waals surface area contributed by atoms with Crippen molar-refractivity contribution in [3.8, 4) is 5.75 Å². The number of carbonyl (C=O) groups is 1. The maximum absolute atomic E-state index is 12.3. The molecule has 1 unspecified atom stereocenters. The summed E-state index contributed by atoms with van der Waals surface area (Å²) in [6.45, 7) is -1.56. The number of nitrogens with one attached hydrogen (secondary N) is 1. The summed E-state index contributed by atoms with van der Waals surface area (Å²) in [5, 5.41) is 2.61. The van der Waals surface area contributed by atoms with Crippen molar-refractivity contribution in [2.45, 2.75) is 19.6 Å². The fraction of sp³-hybridized carbons (Fsp3) is 0.300. The number of alkyl halides is 2. The average Bonchev–Trinajstić information content (AvgIpc) is 2.22. The molecule has 0 fully saturated rings. The number of hydrogen-bond acceptors (Lipinski definition) is 3. The van der Waals surface area contributed by atoms with Crippen molar-refractivity contribution in [3.05, 3.63) is 21.6 Å². The molecule has 1 amide bonds. The van der Waals surface area contributed by atoms with E-state index in [-0.39, 0.29) is 20.9 Å². The highest BCUT2D eigenvalue weighted by molar-refractivity contribution is 9.10. The van der Waals surface area contributed by atoms with Gasteiger partial charge in [0.25, 0.3) is 0 Å². The topological polar surface area (TPSA) is 64.4 Å². The standard InChI is InChI=1S/C10H10BrClF2N2O2/c1-4(15)9(17)16-7-3-5(12)2-6(11)8(7)18-10(13)14/h2-4,10H,15H2,1H3,(H,16,17). The zero-order chi connectivity index (χ0) is 13.9. The molecule has 18 heavy (non-hydrogen) atoms. The van der Waals surface area contributed by atoms with E-state index in [2.05, 4.69) is 26.0 Å². The molecule has 0 radical (unpaired) electrons. The first kappa shape index (κ1) is 15.1. The summed E-state index contributed by atoms with van der Waals surface area (Å²) in [6.07, 6.45) is 0. The van der Waals surface area contributed by atoms with Crippen LogP contribution in [0.5, 0.6) is 5.75 Å². The molecular formula is C10H10BrClF2N2O2. The molecule has 1 aromatic carbocycles. The van der Waals surface area contributed by atoms with Gasteiger partial charge in [0.15, 0.2) is 5.75 Å². The highest BCUT2D eigenvalue weighted by Gasteiger charge is 2.17. The van der Waals surface area contributed by atoms with Crippen LogP contribution in [0.4, 0.5) is 14.5 Å². The van der Waals surface area contributed by atoms with E-state index in [0.717, 1.165) is 0 Å². The highest BCUT2D eigenvalue weighted by atomic mass is 79.9. The summed E-state index contributed by atoms with van der Waals surface area (Å²) in [6, 6.07) is 1.88. The lowest BCUT2D eigenvalue weighted by atomic mass is 10.2. The van der Waals surface area contributed by atoms with Crippen molar-refractivity contribution < 1.29 is 18.3 Å². The third kappa shape index (κ3) is 4.08. The predicted octanol–water partition coefficient (Wildman–Crippen LogP) is 2.99. The Morgan fingerprint density at radius 3 is 2.67 bits per heavy atom. The van der Waals surface area contributed by atoms with Crippen LogP contribution < -0.4 is 15.8 Å². The minimum Gasteiger partial charge on any atom is -0.431 e. The van der Waals surface area contributed by atoms with Gasteiger partial charge in [0.2, 0.25) is 5.91 Å². The summed E-state index contributed by atoms with van der Waals surface area (Å²) in [7, 11) is 0. The summed E-state index contributed by atoms with van der Waals surface area (Å²) < 4.78 is 29.0. The molecule has 0 aromatic heterocycles. The lowest BCUT2D eigenvalue weighted by Crippen LogP contribution is -2.32. The summed E-state index contributed by atoms with van der Waals surface area (Å²) in [5.41, 5.74) is 5.39. The minimum absolute atomic E-state index is 0.0250. The van der Waals surface area contributed by atoms with E-state index in [1.54, 1.807) is 0 Å². The Hall–Kier alpha value is -0.920. The van der Waals surface area contributed by atoms with Crippen LogP contribution in [-0.4, -0.2) is 18.6 Å². The third-order valence-electron chi connectivity index (χ3n) is 1.89. The van der Waals surface area contributed by atoms with Gasteiger partial charge in [0.05, 0.1) is 16.2 Å². The normalized spacial score (nSPS) is 12.4. The van der Waals surface area contributed by atoms with Gasteiger partial charge in [-0.05, 0) is 35.0 Å². The molecule has 0 aliphatic heterocycles. The van der Waals surface area contributed by atoms with Crippen LogP contribution in [0.15, 0.2) is 16.6 Å². The fourth-order valence-electron chi connectivity index (χ4n) is 1.11. The second kappa shape index (κ2) is 6.31. The van der Waals surface area contributed by atoms with E-state index in [0.29, 0.717) is 0 Å². The molecule has 0 aliphatic carbocycles. The lowest BCUT2D eigenvalue weighted by Gasteiger charge is -2.15. The van der Waals surface area contributed by atoms with E-state index in [9.17, 15) is 13.6 Å². The molecule has 0 aliphatic rings. The molecule has 0 saturated carbocycles. The summed E-state index contributed by atoms with van der Waals surface area (Å²) in [5.74, 6) is -0.744. The molecule has 0 heterocycles. The number of rotatable bonds is 4. The van der Waals surface area contributed by atoms with Gasteiger partial charge in [-0.3, -0.25) is 4.79 Å². The largest absolute Gasteiger partial charge is 0.431 e. The third-order valence-corrected chi connectivity index (χ3v) is 2.69. The van der Waals surface area contributed by atoms with Crippen LogP contribution in [0.3, 0.4) is 0 Å². The SMILES string of the molecule is CC(N)C(=O)Nc1cc(Cl)cc(Br)c1OC(F)F. The number of anilines is 1. The average molecular weight is 344 g/mol. The van der Waals surface area contributed by atoms with Crippen molar-refractivity contribution in [1.82, 2.24) is 0 Å². The number of amides is 1. The van der Waals surface area contributed by atoms with E-state index < -0.39 is 18.6 Å². The van der Waals surface area contributed by atoms with Gasteiger partial charge in [-0.25, -0.2) is 0 Å². The highest BCUT2D eigenvalue weighted by Crippen LogP contribution is 2.37. The molecule has 1 rings (SSSR count). The van der Waals surface area contributed by atoms with Crippen molar-refractivity contribution in [2.75, 3.05) is 5.32 Å². The lowest BCUT2D eigenvalue weighted by molar-refractivity contribution is -0.117. The van der Waals surface area contributed by atoms with Crippen molar-refractivity contribution in [1.29, 1.82) is 0 Å². The van der Waals surface area contributed by atoms with Crippen LogP contribution in [0.1, 0.15) is 6.92 Å². The van der Waals surface area contributed by atoms with Gasteiger partial charge in [0, 0.05) is 5.02 Å². The van der Waals surface area contributed by atoms with Crippen LogP contribution >= 0.6 is 27.5 Å². The Morgan fingerprint density at radius 1 is 1.56 bits per heavy atom. The smallest absolute Gasteiger partial charge is 0.387 e. The van der Waals surface area contributed by atoms with Gasteiger partial charge in [-0.15, -0.1) is 0 Å². The Balaban J connectivity index is 3.11. The first-order chi connectivity index (χ1) is 8.31. The van der Waals surface area contributed by atoms with E-state index >= 15 is 0 Å². The molecule has 1 atom stereocenters. The van der Waals surface area contributed by atoms with E-state index in [4.69, 9.17) is 17.3 Å². The van der Waals surface area contributed by atoms with Crippen LogP contribution in [-0.2, 0) is 4.79 Å². The first-order valence-corrected chi connectivity index (χ1v) is 5.98. The zero-order valence-corrected chi connectivity index (χ0v) is 11.6. The molecule has 0 bridgehead atoms. The number of carbonyl (C=O) groups excluding carboxylic acids is 1. The van der Waals surface area contributed by atoms with E-state index in [1.807, 2.05) is 0 Å². The first-order valence-electron chi connectivity index (χ1n) is 4.81. The molecule has 8 heteroatoms. The Morgan fingerprint density at radius 2 is 2.17 bits per heavy atom. The van der Waals surface area contributed by atoms with Gasteiger partial charge in [-0.2, -0.15) is 8.78 Å². The van der Waals surface area contributed by atoms with Crippen LogP contribution in [0.25, 0.3) is 0 Å². The molecule has 100 valence electrons. The molecule has 3 N–H and O–H groups in total. The molecule has 0 spiro atoms. The number of hydrogen-bond donors (Lipinski definition) is 2. The van der Waals surface area contributed by atoms with Crippen LogP contribution in [0, 0.1) is 0 Å². The predicted molar refractivity (Wildman–Crippen MR) is 68.1 cm³/mol. The molecule has 4 nitrogen and oxygen atoms in total. The number of ether oxygens (including phenoxy) is 1. The summed E-state index contributed by atoms with van der Waals surface area (Å²) in [4.78, 5) is 11.4.